The van der Waals surface area contributed by atoms with Crippen LogP contribution in [0.2, 0.25) is 0 Å². The van der Waals surface area contributed by atoms with Crippen molar-refractivity contribution in [3.63, 3.8) is 0 Å². The van der Waals surface area contributed by atoms with Crippen LogP contribution in [0.3, 0.4) is 0 Å². The Bertz CT molecular complexity index is 700. The summed E-state index contributed by atoms with van der Waals surface area (Å²) in [7, 11) is 0. The van der Waals surface area contributed by atoms with Crippen LogP contribution < -0.4 is 0 Å². The Morgan fingerprint density at radius 3 is 2.05 bits per heavy atom. The van der Waals surface area contributed by atoms with E-state index in [2.05, 4.69) is 0 Å². The molecule has 4 heteroatoms. The second kappa shape index (κ2) is 5.35. The van der Waals surface area contributed by atoms with Gasteiger partial charge in [0.25, 0.3) is 0 Å². The number of ketones is 1. The molecule has 0 aliphatic heterocycles. The van der Waals surface area contributed by atoms with Gasteiger partial charge in [0.2, 0.25) is 0 Å². The Kier molecular flexibility index (Phi) is 3.90. The summed E-state index contributed by atoms with van der Waals surface area (Å²) < 4.78 is 37.9. The monoisotopic (exact) mass is 292 g/mol. The van der Waals surface area contributed by atoms with Crippen LogP contribution >= 0.6 is 0 Å². The van der Waals surface area contributed by atoms with E-state index in [-0.39, 0.29) is 5.78 Å². The molecule has 0 aromatic heterocycles. The average molecular weight is 292 g/mol. The predicted octanol–water partition coefficient (Wildman–Crippen LogP) is 4.86. The topological polar surface area (TPSA) is 17.1 Å². The molecule has 0 saturated carbocycles. The van der Waals surface area contributed by atoms with Gasteiger partial charge in [-0.15, -0.1) is 0 Å². The summed E-state index contributed by atoms with van der Waals surface area (Å²) in [5.41, 5.74) is 2.41. The first-order valence-electron chi connectivity index (χ1n) is 6.50. The van der Waals surface area contributed by atoms with Gasteiger partial charge in [-0.1, -0.05) is 18.2 Å². The lowest BCUT2D eigenvalue weighted by molar-refractivity contribution is -0.137. The average Bonchev–Trinajstić information content (AvgIpc) is 2.40. The fourth-order valence-electron chi connectivity index (χ4n) is 2.13. The maximum Gasteiger partial charge on any atom is 0.416 e. The second-order valence-corrected chi connectivity index (χ2v) is 5.16. The summed E-state index contributed by atoms with van der Waals surface area (Å²) in [5.74, 6) is -0.260. The van der Waals surface area contributed by atoms with E-state index in [9.17, 15) is 18.0 Å². The van der Waals surface area contributed by atoms with E-state index in [1.807, 2.05) is 19.9 Å². The molecular weight excluding hydrogens is 277 g/mol. The number of alkyl halides is 3. The van der Waals surface area contributed by atoms with Crippen molar-refractivity contribution in [2.75, 3.05) is 0 Å². The quantitative estimate of drug-likeness (QED) is 0.722. The first-order chi connectivity index (χ1) is 9.70. The number of rotatable bonds is 2. The zero-order valence-electron chi connectivity index (χ0n) is 12.0. The van der Waals surface area contributed by atoms with Gasteiger partial charge in [-0.05, 0) is 55.7 Å². The van der Waals surface area contributed by atoms with Gasteiger partial charge in [0.1, 0.15) is 0 Å². The third kappa shape index (κ3) is 3.15. The van der Waals surface area contributed by atoms with E-state index in [1.165, 1.54) is 13.0 Å². The van der Waals surface area contributed by atoms with Crippen molar-refractivity contribution in [2.24, 2.45) is 0 Å². The van der Waals surface area contributed by atoms with Crippen molar-refractivity contribution in [1.29, 1.82) is 0 Å². The van der Waals surface area contributed by atoms with E-state index in [0.29, 0.717) is 16.7 Å². The molecule has 21 heavy (non-hydrogen) atoms. The van der Waals surface area contributed by atoms with E-state index in [1.54, 1.807) is 12.1 Å². The van der Waals surface area contributed by atoms with Crippen molar-refractivity contribution in [1.82, 2.24) is 0 Å². The molecule has 0 heterocycles. The molecule has 0 fully saturated rings. The zero-order valence-corrected chi connectivity index (χ0v) is 12.0. The highest BCUT2D eigenvalue weighted by atomic mass is 19.4. The molecule has 0 unspecified atom stereocenters. The van der Waals surface area contributed by atoms with Gasteiger partial charge in [0, 0.05) is 11.1 Å². The Hall–Kier alpha value is -2.10. The number of hydrogen-bond acceptors (Lipinski definition) is 1. The highest BCUT2D eigenvalue weighted by molar-refractivity contribution is 6.10. The smallest absolute Gasteiger partial charge is 0.289 e. The summed E-state index contributed by atoms with van der Waals surface area (Å²) in [5, 5.41) is 0. The van der Waals surface area contributed by atoms with Gasteiger partial charge in [-0.3, -0.25) is 4.79 Å². The maximum atomic E-state index is 12.6. The van der Waals surface area contributed by atoms with Crippen LogP contribution in [0, 0.1) is 20.8 Å². The van der Waals surface area contributed by atoms with Crippen LogP contribution in [-0.4, -0.2) is 5.78 Å². The molecule has 0 N–H and O–H groups in total. The van der Waals surface area contributed by atoms with Crippen LogP contribution in [0.25, 0.3) is 0 Å². The number of carbonyl (C=O) groups is 1. The zero-order chi connectivity index (χ0) is 15.8. The SMILES string of the molecule is Cc1ccc(C(=O)c2ccc(C(F)(F)F)cc2C)cc1C. The van der Waals surface area contributed by atoms with Gasteiger partial charge in [-0.25, -0.2) is 0 Å². The standard InChI is InChI=1S/C17H15F3O/c1-10-4-5-13(8-11(10)2)16(21)15-7-6-14(9-12(15)3)17(18,19)20/h4-9H,1-3H3. The van der Waals surface area contributed by atoms with Crippen LogP contribution in [0.1, 0.15) is 38.2 Å². The number of halogens is 3. The summed E-state index contributed by atoms with van der Waals surface area (Å²) in [6, 6.07) is 8.49. The molecule has 0 atom stereocenters. The Balaban J connectivity index is 2.42. The third-order valence-corrected chi connectivity index (χ3v) is 3.57. The minimum absolute atomic E-state index is 0.260. The van der Waals surface area contributed by atoms with Gasteiger partial charge in [-0.2, -0.15) is 13.2 Å². The Labute approximate surface area is 121 Å². The molecule has 2 aromatic rings. The summed E-state index contributed by atoms with van der Waals surface area (Å²) >= 11 is 0. The van der Waals surface area contributed by atoms with Crippen molar-refractivity contribution in [3.8, 4) is 0 Å². The van der Waals surface area contributed by atoms with Crippen molar-refractivity contribution < 1.29 is 18.0 Å². The molecule has 0 aliphatic carbocycles. The van der Waals surface area contributed by atoms with Crippen LogP contribution in [0.5, 0.6) is 0 Å². The van der Waals surface area contributed by atoms with Gasteiger partial charge in [0.05, 0.1) is 5.56 Å². The van der Waals surface area contributed by atoms with Gasteiger partial charge in [0.15, 0.2) is 5.78 Å². The molecule has 0 saturated heterocycles. The summed E-state index contributed by atoms with van der Waals surface area (Å²) in [4.78, 5) is 12.4. The van der Waals surface area contributed by atoms with Gasteiger partial charge >= 0.3 is 6.18 Å². The fraction of sp³-hybridized carbons (Fsp3) is 0.235. The predicted molar refractivity (Wildman–Crippen MR) is 75.5 cm³/mol. The van der Waals surface area contributed by atoms with Crippen molar-refractivity contribution in [2.45, 2.75) is 26.9 Å². The van der Waals surface area contributed by atoms with Crippen LogP contribution in [-0.2, 0) is 6.18 Å². The lowest BCUT2D eigenvalue weighted by Crippen LogP contribution is -2.09. The van der Waals surface area contributed by atoms with Crippen molar-refractivity contribution >= 4 is 5.78 Å². The molecule has 0 aliphatic rings. The fourth-order valence-corrected chi connectivity index (χ4v) is 2.13. The number of carbonyl (C=O) groups excluding carboxylic acids is 1. The van der Waals surface area contributed by atoms with E-state index < -0.39 is 11.7 Å². The van der Waals surface area contributed by atoms with Crippen LogP contribution in [0.15, 0.2) is 36.4 Å². The Morgan fingerprint density at radius 2 is 1.52 bits per heavy atom. The molecule has 0 amide bonds. The first kappa shape index (κ1) is 15.3. The van der Waals surface area contributed by atoms with Gasteiger partial charge < -0.3 is 0 Å². The molecule has 1 nitrogen and oxygen atoms in total. The van der Waals surface area contributed by atoms with Crippen molar-refractivity contribution in [3.05, 3.63) is 69.8 Å². The molecule has 2 rings (SSSR count). The third-order valence-electron chi connectivity index (χ3n) is 3.57. The molecule has 0 radical (unpaired) electrons. The molecule has 110 valence electrons. The Morgan fingerprint density at radius 1 is 0.857 bits per heavy atom. The van der Waals surface area contributed by atoms with E-state index >= 15 is 0 Å². The summed E-state index contributed by atoms with van der Waals surface area (Å²) in [6.45, 7) is 5.35. The van der Waals surface area contributed by atoms with Crippen LogP contribution in [0.4, 0.5) is 13.2 Å². The number of hydrogen-bond donors (Lipinski definition) is 0. The molecular formula is C17H15F3O. The molecule has 2 aromatic carbocycles. The van der Waals surface area contributed by atoms with E-state index in [0.717, 1.165) is 23.3 Å². The lowest BCUT2D eigenvalue weighted by Gasteiger charge is -2.11. The number of benzene rings is 2. The first-order valence-corrected chi connectivity index (χ1v) is 6.50. The highest BCUT2D eigenvalue weighted by Gasteiger charge is 2.31. The molecule has 0 spiro atoms. The van der Waals surface area contributed by atoms with E-state index in [4.69, 9.17) is 0 Å². The number of aryl methyl sites for hydroxylation is 3. The molecule has 0 bridgehead atoms. The lowest BCUT2D eigenvalue weighted by atomic mass is 9.95. The highest BCUT2D eigenvalue weighted by Crippen LogP contribution is 2.31. The largest absolute Gasteiger partial charge is 0.416 e. The second-order valence-electron chi connectivity index (χ2n) is 5.16. The maximum absolute atomic E-state index is 12.6. The summed E-state index contributed by atoms with van der Waals surface area (Å²) in [6.07, 6.45) is -4.40. The minimum Gasteiger partial charge on any atom is -0.289 e. The normalized spacial score (nSPS) is 11.5. The minimum atomic E-state index is -4.40.